The SMILES string of the molecule is COC(=O)NCC(=O)N1C[C@@H](SC)C[C@H]1c1ncc(-c2ccc(-c3cc(Cl)c(NC(=O)c4ccc(N5CCN(C=O)C[C@H]5C)nc4)cc3OC(F)(F)F)cc2)[nH]1. The lowest BCUT2D eigenvalue weighted by atomic mass is 10.0. The minimum absolute atomic E-state index is 0.00424. The first kappa shape index (κ1) is 40.2. The molecule has 296 valence electrons. The van der Waals surface area contributed by atoms with Crippen molar-refractivity contribution in [2.75, 3.05) is 56.3 Å². The Hall–Kier alpha value is -5.49. The van der Waals surface area contributed by atoms with Crippen LogP contribution in [0.2, 0.25) is 5.02 Å². The Bertz CT molecular complexity index is 2070. The second kappa shape index (κ2) is 17.1. The summed E-state index contributed by atoms with van der Waals surface area (Å²) in [7, 11) is 1.21. The van der Waals surface area contributed by atoms with Crippen LogP contribution in [0.25, 0.3) is 22.4 Å². The molecule has 14 nitrogen and oxygen atoms in total. The van der Waals surface area contributed by atoms with Crippen LogP contribution < -0.4 is 20.3 Å². The van der Waals surface area contributed by atoms with Crippen LogP contribution in [-0.2, 0) is 14.3 Å². The predicted molar refractivity (Wildman–Crippen MR) is 205 cm³/mol. The number of benzene rings is 2. The number of thioether (sulfide) groups is 1. The maximum absolute atomic E-state index is 13.7. The van der Waals surface area contributed by atoms with E-state index in [1.165, 1.54) is 19.4 Å². The summed E-state index contributed by atoms with van der Waals surface area (Å²) in [6, 6.07) is 11.7. The molecule has 19 heteroatoms. The number of ether oxygens (including phenoxy) is 2. The number of H-pyrrole nitrogens is 1. The standard InChI is InChI=1S/C37H38ClF3N8O6S/c1-21-18-47(20-50)10-11-48(21)32-9-8-24(15-42-32)35(52)46-28-14-31(55-37(39,40)41)26(13-27(28)38)22-4-6-23(7-5-22)29-16-43-34(45-29)30-12-25(56-3)19-49(30)33(51)17-44-36(53)54-2/h4-9,13-16,20-21,25,30H,10-12,17-19H2,1-3H3,(H,43,45)(H,44,53)(H,46,52)/t21-,25+,30+/m1/s1. The molecule has 0 spiro atoms. The molecule has 3 atom stereocenters. The van der Waals surface area contributed by atoms with Crippen molar-refractivity contribution in [3.8, 4) is 28.1 Å². The summed E-state index contributed by atoms with van der Waals surface area (Å²) in [5.41, 5.74) is 1.70. The number of amides is 4. The molecule has 2 aromatic carbocycles. The van der Waals surface area contributed by atoms with Gasteiger partial charge in [0.2, 0.25) is 12.3 Å². The molecule has 2 saturated heterocycles. The topological polar surface area (TPSA) is 162 Å². The van der Waals surface area contributed by atoms with E-state index in [0.29, 0.717) is 61.1 Å². The average Bonchev–Trinajstić information content (AvgIpc) is 3.86. The molecule has 4 aromatic rings. The van der Waals surface area contributed by atoms with Crippen LogP contribution in [0, 0.1) is 0 Å². The molecule has 2 aliphatic rings. The number of nitrogens with zero attached hydrogens (tertiary/aromatic N) is 5. The van der Waals surface area contributed by atoms with Crippen molar-refractivity contribution in [2.45, 2.75) is 37.0 Å². The summed E-state index contributed by atoms with van der Waals surface area (Å²) in [6.07, 6.45) is 0.609. The van der Waals surface area contributed by atoms with E-state index in [4.69, 9.17) is 11.6 Å². The van der Waals surface area contributed by atoms with Gasteiger partial charge in [-0.2, -0.15) is 11.8 Å². The molecule has 0 saturated carbocycles. The number of methoxy groups -OCH3 is 1. The lowest BCUT2D eigenvalue weighted by Crippen LogP contribution is -2.51. The zero-order valence-corrected chi connectivity index (χ0v) is 32.0. The Morgan fingerprint density at radius 1 is 1.05 bits per heavy atom. The minimum atomic E-state index is -5.05. The van der Waals surface area contributed by atoms with Crippen molar-refractivity contribution in [3.63, 3.8) is 0 Å². The van der Waals surface area contributed by atoms with Gasteiger partial charge in [0.1, 0.15) is 23.9 Å². The summed E-state index contributed by atoms with van der Waals surface area (Å²) in [5, 5.41) is 5.11. The highest BCUT2D eigenvalue weighted by molar-refractivity contribution is 7.99. The zero-order chi connectivity index (χ0) is 40.1. The molecule has 0 radical (unpaired) electrons. The number of hydrogen-bond donors (Lipinski definition) is 3. The van der Waals surface area contributed by atoms with E-state index in [0.717, 1.165) is 12.5 Å². The van der Waals surface area contributed by atoms with Crippen LogP contribution >= 0.6 is 23.4 Å². The highest BCUT2D eigenvalue weighted by atomic mass is 35.5. The van der Waals surface area contributed by atoms with Gasteiger partial charge in [-0.25, -0.2) is 14.8 Å². The van der Waals surface area contributed by atoms with Gasteiger partial charge >= 0.3 is 12.5 Å². The second-order valence-electron chi connectivity index (χ2n) is 13.1. The van der Waals surface area contributed by atoms with Gasteiger partial charge in [0.15, 0.2) is 0 Å². The van der Waals surface area contributed by atoms with Gasteiger partial charge in [-0.1, -0.05) is 35.9 Å². The molecule has 2 fully saturated rings. The fraction of sp³-hybridized carbons (Fsp3) is 0.351. The number of alkyl halides is 3. The van der Waals surface area contributed by atoms with E-state index in [-0.39, 0.29) is 51.6 Å². The number of likely N-dealkylation sites (tertiary alicyclic amines) is 1. The van der Waals surface area contributed by atoms with Crippen molar-refractivity contribution in [2.24, 2.45) is 0 Å². The number of imidazole rings is 1. The Balaban J connectivity index is 1.18. The third kappa shape index (κ3) is 9.30. The van der Waals surface area contributed by atoms with Crippen LogP contribution in [0.4, 0.5) is 29.5 Å². The number of carbonyl (C=O) groups excluding carboxylic acids is 4. The molecule has 4 amide bonds. The highest BCUT2D eigenvalue weighted by Crippen LogP contribution is 2.41. The Morgan fingerprint density at radius 2 is 1.80 bits per heavy atom. The molecule has 2 aromatic heterocycles. The monoisotopic (exact) mass is 814 g/mol. The third-order valence-electron chi connectivity index (χ3n) is 9.56. The second-order valence-corrected chi connectivity index (χ2v) is 14.7. The minimum Gasteiger partial charge on any atom is -0.453 e. The number of nitrogens with one attached hydrogen (secondary N) is 3. The lowest BCUT2D eigenvalue weighted by Gasteiger charge is -2.39. The predicted octanol–water partition coefficient (Wildman–Crippen LogP) is 5.97. The first-order valence-electron chi connectivity index (χ1n) is 17.4. The molecule has 0 unspecified atom stereocenters. The molecule has 2 aliphatic heterocycles. The van der Waals surface area contributed by atoms with Crippen LogP contribution in [0.1, 0.15) is 35.6 Å². The quantitative estimate of drug-likeness (QED) is 0.154. The van der Waals surface area contributed by atoms with Crippen LogP contribution in [0.5, 0.6) is 5.75 Å². The molecule has 4 heterocycles. The van der Waals surface area contributed by atoms with Crippen molar-refractivity contribution in [1.29, 1.82) is 0 Å². The number of aromatic nitrogens is 3. The van der Waals surface area contributed by atoms with Crippen LogP contribution in [-0.4, -0.2) is 113 Å². The van der Waals surface area contributed by atoms with Gasteiger partial charge in [-0.15, -0.1) is 13.2 Å². The van der Waals surface area contributed by atoms with Gasteiger partial charge in [0.05, 0.1) is 41.3 Å². The van der Waals surface area contributed by atoms with Gasteiger partial charge < -0.3 is 39.8 Å². The number of carbonyl (C=O) groups is 4. The van der Waals surface area contributed by atoms with E-state index < -0.39 is 24.1 Å². The van der Waals surface area contributed by atoms with Crippen molar-refractivity contribution in [3.05, 3.63) is 77.3 Å². The maximum atomic E-state index is 13.7. The van der Waals surface area contributed by atoms with Crippen LogP contribution in [0.15, 0.2) is 60.9 Å². The smallest absolute Gasteiger partial charge is 0.453 e. The number of hydrogen-bond acceptors (Lipinski definition) is 10. The molecule has 3 N–H and O–H groups in total. The first-order valence-corrected chi connectivity index (χ1v) is 19.1. The van der Waals surface area contributed by atoms with E-state index in [1.54, 1.807) is 64.2 Å². The van der Waals surface area contributed by atoms with E-state index in [9.17, 15) is 32.3 Å². The molecule has 6 rings (SSSR count). The third-order valence-corrected chi connectivity index (χ3v) is 10.9. The molecule has 0 bridgehead atoms. The molecular formula is C37H38ClF3N8O6S. The highest BCUT2D eigenvalue weighted by Gasteiger charge is 2.38. The number of rotatable bonds is 11. The number of piperazine rings is 1. The van der Waals surface area contributed by atoms with E-state index in [1.807, 2.05) is 18.1 Å². The summed E-state index contributed by atoms with van der Waals surface area (Å²) in [5.74, 6) is -0.353. The van der Waals surface area contributed by atoms with Gasteiger partial charge in [-0.05, 0) is 48.9 Å². The number of aromatic amines is 1. The molecule has 0 aliphatic carbocycles. The fourth-order valence-electron chi connectivity index (χ4n) is 6.70. The Kier molecular flexibility index (Phi) is 12.3. The van der Waals surface area contributed by atoms with E-state index in [2.05, 4.69) is 35.1 Å². The molecular weight excluding hydrogens is 777 g/mol. The van der Waals surface area contributed by atoms with Gasteiger partial charge in [0, 0.05) is 55.3 Å². The summed E-state index contributed by atoms with van der Waals surface area (Å²) in [4.78, 5) is 66.4. The average molecular weight is 815 g/mol. The maximum Gasteiger partial charge on any atom is 0.573 e. The van der Waals surface area contributed by atoms with Crippen molar-refractivity contribution >= 4 is 59.2 Å². The van der Waals surface area contributed by atoms with Crippen LogP contribution in [0.3, 0.4) is 0 Å². The summed E-state index contributed by atoms with van der Waals surface area (Å²) >= 11 is 8.16. The van der Waals surface area contributed by atoms with Crippen molar-refractivity contribution in [1.82, 2.24) is 30.1 Å². The Labute approximate surface area is 329 Å². The summed E-state index contributed by atoms with van der Waals surface area (Å²) < 4.78 is 49.9. The van der Waals surface area contributed by atoms with E-state index >= 15 is 0 Å². The normalized spacial score (nSPS) is 18.4. The van der Waals surface area contributed by atoms with Gasteiger partial charge in [0.25, 0.3) is 5.91 Å². The zero-order valence-electron chi connectivity index (χ0n) is 30.4. The lowest BCUT2D eigenvalue weighted by molar-refractivity contribution is -0.274. The number of pyridine rings is 1. The van der Waals surface area contributed by atoms with Crippen molar-refractivity contribution < 1.29 is 41.8 Å². The fourth-order valence-corrected chi connectivity index (χ4v) is 7.59. The number of halogens is 4. The largest absolute Gasteiger partial charge is 0.573 e. The summed E-state index contributed by atoms with van der Waals surface area (Å²) in [6.45, 7) is 3.83. The van der Waals surface area contributed by atoms with Gasteiger partial charge in [-0.3, -0.25) is 14.4 Å². The first-order chi connectivity index (χ1) is 26.8. The molecule has 56 heavy (non-hydrogen) atoms. The number of alkyl carbamates (subject to hydrolysis) is 1. The number of anilines is 2. The Morgan fingerprint density at radius 3 is 2.45 bits per heavy atom.